The molecule has 1 saturated heterocycles. The standard InChI is InChI=1S/C15H23NO4S/c1-10-6-14(19-5)7-11(2)15(10)21(17,18)16-8-13(4)20-9-12(16)3/h6-7,12-13H,8-9H2,1-5H3. The van der Waals surface area contributed by atoms with Gasteiger partial charge in [0.25, 0.3) is 0 Å². The van der Waals surface area contributed by atoms with Crippen molar-refractivity contribution < 1.29 is 17.9 Å². The summed E-state index contributed by atoms with van der Waals surface area (Å²) in [5.41, 5.74) is 1.41. The zero-order valence-electron chi connectivity index (χ0n) is 13.2. The van der Waals surface area contributed by atoms with Crippen LogP contribution in [-0.4, -0.2) is 45.1 Å². The van der Waals surface area contributed by atoms with Gasteiger partial charge < -0.3 is 9.47 Å². The minimum atomic E-state index is -3.53. The van der Waals surface area contributed by atoms with Crippen LogP contribution in [0.25, 0.3) is 0 Å². The van der Waals surface area contributed by atoms with E-state index in [1.54, 1.807) is 37.4 Å². The second kappa shape index (κ2) is 5.94. The third-order valence-corrected chi connectivity index (χ3v) is 6.07. The van der Waals surface area contributed by atoms with E-state index in [9.17, 15) is 8.42 Å². The van der Waals surface area contributed by atoms with Crippen LogP contribution in [0.15, 0.2) is 17.0 Å². The maximum atomic E-state index is 13.0. The lowest BCUT2D eigenvalue weighted by molar-refractivity contribution is -0.0170. The number of hydrogen-bond acceptors (Lipinski definition) is 4. The minimum Gasteiger partial charge on any atom is -0.497 e. The van der Waals surface area contributed by atoms with Crippen molar-refractivity contribution >= 4 is 10.0 Å². The molecule has 1 aromatic carbocycles. The van der Waals surface area contributed by atoms with Gasteiger partial charge in [-0.2, -0.15) is 4.31 Å². The third kappa shape index (κ3) is 3.07. The Bertz CT molecular complexity index is 604. The Morgan fingerprint density at radius 1 is 1.24 bits per heavy atom. The second-order valence-corrected chi connectivity index (χ2v) is 7.49. The van der Waals surface area contributed by atoms with Crippen LogP contribution < -0.4 is 4.74 Å². The van der Waals surface area contributed by atoms with Gasteiger partial charge in [-0.05, 0) is 51.0 Å². The molecule has 5 nitrogen and oxygen atoms in total. The molecule has 1 aromatic rings. The molecule has 1 fully saturated rings. The van der Waals surface area contributed by atoms with E-state index in [1.165, 1.54) is 0 Å². The quantitative estimate of drug-likeness (QED) is 0.857. The molecule has 6 heteroatoms. The Labute approximate surface area is 126 Å². The zero-order valence-corrected chi connectivity index (χ0v) is 14.0. The Balaban J connectivity index is 2.49. The summed E-state index contributed by atoms with van der Waals surface area (Å²) in [5.74, 6) is 0.673. The predicted octanol–water partition coefficient (Wildman–Crippen LogP) is 2.11. The van der Waals surface area contributed by atoms with Crippen LogP contribution in [-0.2, 0) is 14.8 Å². The van der Waals surface area contributed by atoms with Crippen LogP contribution in [0.4, 0.5) is 0 Å². The van der Waals surface area contributed by atoms with Gasteiger partial charge in [0.2, 0.25) is 10.0 Å². The molecule has 0 bridgehead atoms. The number of morpholine rings is 1. The number of nitrogens with zero attached hydrogens (tertiary/aromatic N) is 1. The van der Waals surface area contributed by atoms with Crippen LogP contribution in [0, 0.1) is 13.8 Å². The minimum absolute atomic E-state index is 0.0881. The lowest BCUT2D eigenvalue weighted by Crippen LogP contribution is -2.50. The van der Waals surface area contributed by atoms with E-state index in [1.807, 2.05) is 13.8 Å². The maximum Gasteiger partial charge on any atom is 0.244 e. The van der Waals surface area contributed by atoms with Crippen LogP contribution >= 0.6 is 0 Å². The van der Waals surface area contributed by atoms with Crippen molar-refractivity contribution in [3.05, 3.63) is 23.3 Å². The first-order valence-electron chi connectivity index (χ1n) is 7.06. The van der Waals surface area contributed by atoms with Crippen LogP contribution in [0.5, 0.6) is 5.75 Å². The molecular formula is C15H23NO4S. The first kappa shape index (κ1) is 16.3. The van der Waals surface area contributed by atoms with Crippen molar-refractivity contribution in [2.24, 2.45) is 0 Å². The summed E-state index contributed by atoms with van der Waals surface area (Å²) in [6, 6.07) is 3.36. The Kier molecular flexibility index (Phi) is 4.60. The average molecular weight is 313 g/mol. The lowest BCUT2D eigenvalue weighted by Gasteiger charge is -2.36. The molecule has 0 amide bonds. The molecule has 0 spiro atoms. The summed E-state index contributed by atoms with van der Waals surface area (Å²) in [5, 5.41) is 0. The van der Waals surface area contributed by atoms with Gasteiger partial charge in [-0.15, -0.1) is 0 Å². The Morgan fingerprint density at radius 2 is 1.81 bits per heavy atom. The normalized spacial score (nSPS) is 24.0. The van der Waals surface area contributed by atoms with Gasteiger partial charge in [-0.25, -0.2) is 8.42 Å². The first-order valence-corrected chi connectivity index (χ1v) is 8.50. The molecule has 0 aromatic heterocycles. The summed E-state index contributed by atoms with van der Waals surface area (Å²) in [6.45, 7) is 8.18. The van der Waals surface area contributed by atoms with Crippen molar-refractivity contribution in [2.75, 3.05) is 20.3 Å². The number of ether oxygens (including phenoxy) is 2. The van der Waals surface area contributed by atoms with E-state index < -0.39 is 10.0 Å². The summed E-state index contributed by atoms with van der Waals surface area (Å²) in [4.78, 5) is 0.379. The number of hydrogen-bond donors (Lipinski definition) is 0. The smallest absolute Gasteiger partial charge is 0.244 e. The highest BCUT2D eigenvalue weighted by atomic mass is 32.2. The van der Waals surface area contributed by atoms with Gasteiger partial charge in [0.15, 0.2) is 0 Å². The van der Waals surface area contributed by atoms with Crippen molar-refractivity contribution in [3.8, 4) is 5.75 Å². The highest BCUT2D eigenvalue weighted by Crippen LogP contribution is 2.30. The number of sulfonamides is 1. The fraction of sp³-hybridized carbons (Fsp3) is 0.600. The van der Waals surface area contributed by atoms with Gasteiger partial charge in [0, 0.05) is 12.6 Å². The number of benzene rings is 1. The molecule has 0 aliphatic carbocycles. The summed E-state index contributed by atoms with van der Waals surface area (Å²) < 4.78 is 38.3. The fourth-order valence-corrected chi connectivity index (χ4v) is 4.87. The predicted molar refractivity (Wildman–Crippen MR) is 81.2 cm³/mol. The molecule has 1 heterocycles. The molecule has 2 atom stereocenters. The fourth-order valence-electron chi connectivity index (χ4n) is 2.76. The number of rotatable bonds is 3. The Hall–Kier alpha value is -1.11. The molecule has 2 unspecified atom stereocenters. The monoisotopic (exact) mass is 313 g/mol. The molecule has 1 aliphatic rings. The summed E-state index contributed by atoms with van der Waals surface area (Å²) >= 11 is 0. The second-order valence-electron chi connectivity index (χ2n) is 5.66. The van der Waals surface area contributed by atoms with Crippen LogP contribution in [0.1, 0.15) is 25.0 Å². The first-order chi connectivity index (χ1) is 9.77. The zero-order chi connectivity index (χ0) is 15.8. The van der Waals surface area contributed by atoms with E-state index >= 15 is 0 Å². The molecule has 0 saturated carbocycles. The summed E-state index contributed by atoms with van der Waals surface area (Å²) in [7, 11) is -1.96. The number of methoxy groups -OCH3 is 1. The maximum absolute atomic E-state index is 13.0. The van der Waals surface area contributed by atoms with Gasteiger partial charge in [-0.1, -0.05) is 0 Å². The number of aryl methyl sites for hydroxylation is 2. The van der Waals surface area contributed by atoms with E-state index in [0.717, 1.165) is 0 Å². The van der Waals surface area contributed by atoms with E-state index in [2.05, 4.69) is 0 Å². The van der Waals surface area contributed by atoms with Crippen molar-refractivity contribution in [1.29, 1.82) is 0 Å². The SMILES string of the molecule is COc1cc(C)c(S(=O)(=O)N2CC(C)OCC2C)c(C)c1. The van der Waals surface area contributed by atoms with Gasteiger partial charge in [-0.3, -0.25) is 0 Å². The van der Waals surface area contributed by atoms with E-state index in [0.29, 0.717) is 34.9 Å². The highest BCUT2D eigenvalue weighted by molar-refractivity contribution is 7.89. The van der Waals surface area contributed by atoms with E-state index in [4.69, 9.17) is 9.47 Å². The summed E-state index contributed by atoms with van der Waals surface area (Å²) in [6.07, 6.45) is -0.0881. The molecular weight excluding hydrogens is 290 g/mol. The van der Waals surface area contributed by atoms with Crippen molar-refractivity contribution in [3.63, 3.8) is 0 Å². The molecule has 21 heavy (non-hydrogen) atoms. The largest absolute Gasteiger partial charge is 0.497 e. The molecule has 0 N–H and O–H groups in total. The van der Waals surface area contributed by atoms with Gasteiger partial charge in [0.05, 0.1) is 24.7 Å². The highest BCUT2D eigenvalue weighted by Gasteiger charge is 2.35. The van der Waals surface area contributed by atoms with Crippen molar-refractivity contribution in [1.82, 2.24) is 4.31 Å². The molecule has 118 valence electrons. The van der Waals surface area contributed by atoms with Gasteiger partial charge in [0.1, 0.15) is 5.75 Å². The van der Waals surface area contributed by atoms with Gasteiger partial charge >= 0.3 is 0 Å². The molecule has 2 rings (SSSR count). The lowest BCUT2D eigenvalue weighted by atomic mass is 10.1. The molecule has 1 aliphatic heterocycles. The van der Waals surface area contributed by atoms with Crippen LogP contribution in [0.3, 0.4) is 0 Å². The molecule has 0 radical (unpaired) electrons. The average Bonchev–Trinajstić information content (AvgIpc) is 2.40. The van der Waals surface area contributed by atoms with Crippen molar-refractivity contribution in [2.45, 2.75) is 44.7 Å². The Morgan fingerprint density at radius 3 is 2.33 bits per heavy atom. The van der Waals surface area contributed by atoms with Crippen LogP contribution in [0.2, 0.25) is 0 Å². The topological polar surface area (TPSA) is 55.8 Å². The third-order valence-electron chi connectivity index (χ3n) is 3.79. The van der Waals surface area contributed by atoms with E-state index in [-0.39, 0.29) is 12.1 Å².